The van der Waals surface area contributed by atoms with Crippen LogP contribution in [0.25, 0.3) is 0 Å². The number of hydrogen-bond acceptors (Lipinski definition) is 2. The number of benzene rings is 1. The SMILES string of the molecule is CC(=O)[C@](C)(O)c1cccc(C)c1. The average Bonchev–Trinajstić information content (AvgIpc) is 2.04. The van der Waals surface area contributed by atoms with Crippen LogP contribution in [-0.2, 0) is 10.4 Å². The van der Waals surface area contributed by atoms with Crippen LogP contribution in [-0.4, -0.2) is 10.9 Å². The van der Waals surface area contributed by atoms with Gasteiger partial charge in [0.05, 0.1) is 0 Å². The van der Waals surface area contributed by atoms with Crippen molar-refractivity contribution < 1.29 is 9.90 Å². The topological polar surface area (TPSA) is 37.3 Å². The summed E-state index contributed by atoms with van der Waals surface area (Å²) in [5.74, 6) is -0.238. The van der Waals surface area contributed by atoms with E-state index < -0.39 is 5.60 Å². The lowest BCUT2D eigenvalue weighted by Gasteiger charge is -2.20. The van der Waals surface area contributed by atoms with Crippen LogP contribution in [0, 0.1) is 6.92 Å². The highest BCUT2D eigenvalue weighted by Gasteiger charge is 2.28. The maximum Gasteiger partial charge on any atom is 0.165 e. The van der Waals surface area contributed by atoms with Gasteiger partial charge < -0.3 is 5.11 Å². The molecule has 0 heterocycles. The summed E-state index contributed by atoms with van der Waals surface area (Å²) in [6.45, 7) is 4.84. The van der Waals surface area contributed by atoms with Gasteiger partial charge in [-0.3, -0.25) is 4.79 Å². The molecule has 1 aromatic carbocycles. The van der Waals surface area contributed by atoms with Gasteiger partial charge in [0.25, 0.3) is 0 Å². The molecule has 0 saturated heterocycles. The Hall–Kier alpha value is -1.15. The molecule has 0 amide bonds. The van der Waals surface area contributed by atoms with E-state index in [0.29, 0.717) is 5.56 Å². The molecule has 0 spiro atoms. The molecule has 0 aliphatic carbocycles. The Bertz CT molecular complexity index is 327. The van der Waals surface area contributed by atoms with E-state index in [0.717, 1.165) is 5.56 Å². The molecule has 0 aromatic heterocycles. The van der Waals surface area contributed by atoms with E-state index >= 15 is 0 Å². The molecular formula is C11H14O2. The number of rotatable bonds is 2. The lowest BCUT2D eigenvalue weighted by atomic mass is 9.91. The Labute approximate surface area is 78.2 Å². The summed E-state index contributed by atoms with van der Waals surface area (Å²) in [6, 6.07) is 7.34. The van der Waals surface area contributed by atoms with Crippen LogP contribution in [0.5, 0.6) is 0 Å². The van der Waals surface area contributed by atoms with Gasteiger partial charge in [0.2, 0.25) is 0 Å². The molecule has 0 unspecified atom stereocenters. The highest BCUT2D eigenvalue weighted by atomic mass is 16.3. The number of aliphatic hydroxyl groups is 1. The molecule has 1 rings (SSSR count). The van der Waals surface area contributed by atoms with Crippen LogP contribution >= 0.6 is 0 Å². The molecule has 1 aromatic rings. The second-order valence-electron chi connectivity index (χ2n) is 3.50. The summed E-state index contributed by atoms with van der Waals surface area (Å²) in [7, 11) is 0. The minimum absolute atomic E-state index is 0.238. The lowest BCUT2D eigenvalue weighted by molar-refractivity contribution is -0.134. The van der Waals surface area contributed by atoms with Crippen molar-refractivity contribution >= 4 is 5.78 Å². The van der Waals surface area contributed by atoms with Gasteiger partial charge in [-0.1, -0.05) is 29.8 Å². The first-order chi connectivity index (χ1) is 5.94. The Morgan fingerprint density at radius 2 is 2.08 bits per heavy atom. The summed E-state index contributed by atoms with van der Waals surface area (Å²) in [5, 5.41) is 9.84. The molecule has 1 atom stereocenters. The number of Topliss-reactive ketones (excluding diaryl/α,β-unsaturated/α-hetero) is 1. The summed E-state index contributed by atoms with van der Waals surface area (Å²) in [4.78, 5) is 11.1. The molecule has 0 aliphatic rings. The second-order valence-corrected chi connectivity index (χ2v) is 3.50. The van der Waals surface area contributed by atoms with Gasteiger partial charge in [-0.15, -0.1) is 0 Å². The monoisotopic (exact) mass is 178 g/mol. The quantitative estimate of drug-likeness (QED) is 0.749. The summed E-state index contributed by atoms with van der Waals surface area (Å²) >= 11 is 0. The summed E-state index contributed by atoms with van der Waals surface area (Å²) in [5.41, 5.74) is 0.338. The predicted octanol–water partition coefficient (Wildman–Crippen LogP) is 1.79. The Morgan fingerprint density at radius 3 is 2.54 bits per heavy atom. The standard InChI is InChI=1S/C11H14O2/c1-8-5-4-6-10(7-8)11(3,13)9(2)12/h4-7,13H,1-3H3/t11-/m0/s1. The van der Waals surface area contributed by atoms with Gasteiger partial charge in [-0.2, -0.15) is 0 Å². The fourth-order valence-electron chi connectivity index (χ4n) is 1.15. The van der Waals surface area contributed by atoms with Crippen molar-refractivity contribution in [3.63, 3.8) is 0 Å². The third-order valence-electron chi connectivity index (χ3n) is 2.27. The first kappa shape index (κ1) is 9.93. The van der Waals surface area contributed by atoms with Gasteiger partial charge in [0.1, 0.15) is 5.60 Å². The number of hydrogen-bond donors (Lipinski definition) is 1. The van der Waals surface area contributed by atoms with Crippen LogP contribution < -0.4 is 0 Å². The van der Waals surface area contributed by atoms with Crippen molar-refractivity contribution in [3.05, 3.63) is 35.4 Å². The number of ketones is 1. The highest BCUT2D eigenvalue weighted by molar-refractivity contribution is 5.85. The zero-order valence-electron chi connectivity index (χ0n) is 8.16. The van der Waals surface area contributed by atoms with E-state index in [1.165, 1.54) is 13.8 Å². The Balaban J connectivity index is 3.14. The lowest BCUT2D eigenvalue weighted by Crippen LogP contribution is -2.29. The van der Waals surface area contributed by atoms with E-state index in [9.17, 15) is 9.90 Å². The van der Waals surface area contributed by atoms with Crippen molar-refractivity contribution in [2.24, 2.45) is 0 Å². The van der Waals surface area contributed by atoms with Gasteiger partial charge in [0, 0.05) is 0 Å². The minimum Gasteiger partial charge on any atom is -0.378 e. The van der Waals surface area contributed by atoms with Crippen LogP contribution in [0.2, 0.25) is 0 Å². The maximum atomic E-state index is 11.1. The van der Waals surface area contributed by atoms with E-state index in [-0.39, 0.29) is 5.78 Å². The molecule has 0 radical (unpaired) electrons. The van der Waals surface area contributed by atoms with Crippen LogP contribution in [0.4, 0.5) is 0 Å². The third kappa shape index (κ3) is 1.95. The highest BCUT2D eigenvalue weighted by Crippen LogP contribution is 2.21. The van der Waals surface area contributed by atoms with Gasteiger partial charge in [-0.05, 0) is 26.3 Å². The van der Waals surface area contributed by atoms with Crippen molar-refractivity contribution in [3.8, 4) is 0 Å². The van der Waals surface area contributed by atoms with Crippen molar-refractivity contribution in [1.29, 1.82) is 0 Å². The van der Waals surface area contributed by atoms with E-state index in [4.69, 9.17) is 0 Å². The number of carbonyl (C=O) groups is 1. The maximum absolute atomic E-state index is 11.1. The van der Waals surface area contributed by atoms with Crippen molar-refractivity contribution in [1.82, 2.24) is 0 Å². The second kappa shape index (κ2) is 3.30. The first-order valence-corrected chi connectivity index (χ1v) is 4.25. The zero-order valence-corrected chi connectivity index (χ0v) is 8.16. The van der Waals surface area contributed by atoms with Gasteiger partial charge in [0.15, 0.2) is 5.78 Å². The normalized spacial score (nSPS) is 15.1. The zero-order chi connectivity index (χ0) is 10.1. The van der Waals surface area contributed by atoms with Crippen molar-refractivity contribution in [2.45, 2.75) is 26.4 Å². The molecule has 0 bridgehead atoms. The molecule has 13 heavy (non-hydrogen) atoms. The Morgan fingerprint density at radius 1 is 1.46 bits per heavy atom. The fraction of sp³-hybridized carbons (Fsp3) is 0.364. The fourth-order valence-corrected chi connectivity index (χ4v) is 1.15. The Kier molecular flexibility index (Phi) is 2.52. The summed E-state index contributed by atoms with van der Waals surface area (Å²) < 4.78 is 0. The predicted molar refractivity (Wildman–Crippen MR) is 51.4 cm³/mol. The van der Waals surface area contributed by atoms with Crippen LogP contribution in [0.1, 0.15) is 25.0 Å². The van der Waals surface area contributed by atoms with Crippen molar-refractivity contribution in [2.75, 3.05) is 0 Å². The number of carbonyl (C=O) groups excluding carboxylic acids is 1. The molecule has 0 saturated carbocycles. The van der Waals surface area contributed by atoms with E-state index in [2.05, 4.69) is 0 Å². The average molecular weight is 178 g/mol. The summed E-state index contributed by atoms with van der Waals surface area (Å²) in [6.07, 6.45) is 0. The number of aryl methyl sites for hydroxylation is 1. The van der Waals surface area contributed by atoms with Crippen LogP contribution in [0.3, 0.4) is 0 Å². The molecule has 1 N–H and O–H groups in total. The molecule has 0 aliphatic heterocycles. The van der Waals surface area contributed by atoms with Gasteiger partial charge >= 0.3 is 0 Å². The minimum atomic E-state index is -1.36. The van der Waals surface area contributed by atoms with E-state index in [1.54, 1.807) is 6.07 Å². The molecule has 2 heteroatoms. The molecular weight excluding hydrogens is 164 g/mol. The first-order valence-electron chi connectivity index (χ1n) is 4.25. The van der Waals surface area contributed by atoms with Gasteiger partial charge in [-0.25, -0.2) is 0 Å². The molecule has 0 fully saturated rings. The molecule has 70 valence electrons. The smallest absolute Gasteiger partial charge is 0.165 e. The van der Waals surface area contributed by atoms with Crippen LogP contribution in [0.15, 0.2) is 24.3 Å². The third-order valence-corrected chi connectivity index (χ3v) is 2.27. The largest absolute Gasteiger partial charge is 0.378 e. The van der Waals surface area contributed by atoms with E-state index in [1.807, 2.05) is 25.1 Å². The molecule has 2 nitrogen and oxygen atoms in total.